The molecule has 0 aliphatic carbocycles. The molecular formula is C31H60O2S. The van der Waals surface area contributed by atoms with Gasteiger partial charge in [-0.15, -0.1) is 0 Å². The molecule has 3 unspecified atom stereocenters. The SMILES string of the molecule is CCCCC(CCC)(SCCCCCCCCCCCCCCC1CCCCO1)C1CCCO1. The average Bonchev–Trinajstić information content (AvgIpc) is 3.41. The van der Waals surface area contributed by atoms with Gasteiger partial charge in [0.1, 0.15) is 0 Å². The minimum atomic E-state index is 0.408. The van der Waals surface area contributed by atoms with Gasteiger partial charge in [0.05, 0.1) is 12.2 Å². The zero-order valence-corrected chi connectivity index (χ0v) is 24.1. The summed E-state index contributed by atoms with van der Waals surface area (Å²) in [5.74, 6) is 1.34. The van der Waals surface area contributed by atoms with E-state index in [1.807, 2.05) is 0 Å². The summed E-state index contributed by atoms with van der Waals surface area (Å²) in [6.45, 7) is 6.71. The first kappa shape index (κ1) is 30.5. The molecule has 0 radical (unpaired) electrons. The predicted molar refractivity (Wildman–Crippen MR) is 152 cm³/mol. The fraction of sp³-hybridized carbons (Fsp3) is 1.00. The van der Waals surface area contributed by atoms with E-state index in [-0.39, 0.29) is 0 Å². The third-order valence-corrected chi connectivity index (χ3v) is 9.97. The first-order chi connectivity index (χ1) is 16.8. The fourth-order valence-electron chi connectivity index (χ4n) is 6.13. The average molecular weight is 497 g/mol. The quantitative estimate of drug-likeness (QED) is 0.139. The predicted octanol–water partition coefficient (Wildman–Crippen LogP) is 10.3. The molecular weight excluding hydrogens is 436 g/mol. The normalized spacial score (nSPS) is 22.8. The number of hydrogen-bond acceptors (Lipinski definition) is 3. The van der Waals surface area contributed by atoms with Crippen molar-refractivity contribution in [2.24, 2.45) is 0 Å². The van der Waals surface area contributed by atoms with Gasteiger partial charge in [-0.1, -0.05) is 104 Å². The van der Waals surface area contributed by atoms with Crippen molar-refractivity contribution in [1.29, 1.82) is 0 Å². The highest BCUT2D eigenvalue weighted by Crippen LogP contribution is 2.44. The Balaban J connectivity index is 1.39. The largest absolute Gasteiger partial charge is 0.378 e. The summed E-state index contributed by atoms with van der Waals surface area (Å²) in [4.78, 5) is 0. The number of rotatable bonds is 22. The lowest BCUT2D eigenvalue weighted by atomic mass is 9.89. The van der Waals surface area contributed by atoms with Crippen molar-refractivity contribution in [3.63, 3.8) is 0 Å². The Kier molecular flexibility index (Phi) is 18.2. The van der Waals surface area contributed by atoms with Gasteiger partial charge in [-0.2, -0.15) is 11.8 Å². The van der Waals surface area contributed by atoms with Crippen molar-refractivity contribution in [1.82, 2.24) is 0 Å². The number of thioether (sulfide) groups is 1. The van der Waals surface area contributed by atoms with E-state index < -0.39 is 0 Å². The third-order valence-electron chi connectivity index (χ3n) is 8.23. The lowest BCUT2D eigenvalue weighted by Gasteiger charge is -2.38. The van der Waals surface area contributed by atoms with Crippen LogP contribution in [0.4, 0.5) is 0 Å². The second kappa shape index (κ2) is 20.3. The molecule has 2 aliphatic heterocycles. The van der Waals surface area contributed by atoms with Crippen molar-refractivity contribution in [2.75, 3.05) is 19.0 Å². The van der Waals surface area contributed by atoms with Crippen LogP contribution in [0.15, 0.2) is 0 Å². The smallest absolute Gasteiger partial charge is 0.0722 e. The molecule has 0 aromatic carbocycles. The molecule has 0 N–H and O–H groups in total. The van der Waals surface area contributed by atoms with Crippen LogP contribution in [0.3, 0.4) is 0 Å². The third kappa shape index (κ3) is 13.0. The minimum Gasteiger partial charge on any atom is -0.378 e. The topological polar surface area (TPSA) is 18.5 Å². The molecule has 2 heterocycles. The highest BCUT2D eigenvalue weighted by atomic mass is 32.2. The van der Waals surface area contributed by atoms with Gasteiger partial charge in [-0.25, -0.2) is 0 Å². The molecule has 2 aliphatic rings. The zero-order chi connectivity index (χ0) is 24.2. The van der Waals surface area contributed by atoms with Crippen LogP contribution in [-0.2, 0) is 9.47 Å². The first-order valence-corrected chi connectivity index (χ1v) is 16.7. The highest BCUT2D eigenvalue weighted by molar-refractivity contribution is 8.00. The molecule has 2 nitrogen and oxygen atoms in total. The lowest BCUT2D eigenvalue weighted by molar-refractivity contribution is 0.00977. The summed E-state index contributed by atoms with van der Waals surface area (Å²) < 4.78 is 12.5. The molecule has 3 heteroatoms. The van der Waals surface area contributed by atoms with Crippen LogP contribution in [0.25, 0.3) is 0 Å². The summed E-state index contributed by atoms with van der Waals surface area (Å²) in [5.41, 5.74) is 0. The van der Waals surface area contributed by atoms with Gasteiger partial charge in [0, 0.05) is 18.0 Å². The summed E-state index contributed by atoms with van der Waals surface area (Å²) in [7, 11) is 0. The standard InChI is InChI=1S/C31H60O2S/c1-3-5-25-31(24-4-2,30-23-20-27-33-30)34-28-19-15-13-11-9-7-6-8-10-12-14-16-21-29-22-17-18-26-32-29/h29-30H,3-28H2,1-2H3. The maximum absolute atomic E-state index is 6.24. The molecule has 34 heavy (non-hydrogen) atoms. The molecule has 3 atom stereocenters. The Bertz CT molecular complexity index is 445. The molecule has 2 fully saturated rings. The lowest BCUT2D eigenvalue weighted by Crippen LogP contribution is -2.39. The molecule has 2 rings (SSSR count). The Hall–Kier alpha value is 0.270. The van der Waals surface area contributed by atoms with E-state index in [1.165, 1.54) is 153 Å². The Morgan fingerprint density at radius 3 is 1.82 bits per heavy atom. The maximum Gasteiger partial charge on any atom is 0.0722 e. The molecule has 2 saturated heterocycles. The van der Waals surface area contributed by atoms with E-state index in [2.05, 4.69) is 25.6 Å². The molecule has 202 valence electrons. The van der Waals surface area contributed by atoms with Crippen LogP contribution in [-0.4, -0.2) is 35.9 Å². The Morgan fingerprint density at radius 2 is 1.26 bits per heavy atom. The summed E-state index contributed by atoms with van der Waals surface area (Å²) in [5, 5.41) is 0. The van der Waals surface area contributed by atoms with Crippen molar-refractivity contribution in [2.45, 2.75) is 178 Å². The van der Waals surface area contributed by atoms with Gasteiger partial charge in [0.15, 0.2) is 0 Å². The van der Waals surface area contributed by atoms with E-state index in [0.717, 1.165) is 13.2 Å². The Morgan fingerprint density at radius 1 is 0.618 bits per heavy atom. The molecule has 0 bridgehead atoms. The van der Waals surface area contributed by atoms with Crippen molar-refractivity contribution in [3.8, 4) is 0 Å². The van der Waals surface area contributed by atoms with Crippen LogP contribution in [0.1, 0.15) is 162 Å². The molecule has 0 aromatic heterocycles. The first-order valence-electron chi connectivity index (χ1n) is 15.7. The van der Waals surface area contributed by atoms with Crippen LogP contribution in [0.2, 0.25) is 0 Å². The van der Waals surface area contributed by atoms with E-state index in [4.69, 9.17) is 9.47 Å². The maximum atomic E-state index is 6.24. The van der Waals surface area contributed by atoms with Gasteiger partial charge in [-0.05, 0) is 63.5 Å². The zero-order valence-electron chi connectivity index (χ0n) is 23.3. The number of hydrogen-bond donors (Lipinski definition) is 0. The van der Waals surface area contributed by atoms with Crippen molar-refractivity contribution >= 4 is 11.8 Å². The Labute approximate surface area is 218 Å². The van der Waals surface area contributed by atoms with Gasteiger partial charge in [0.25, 0.3) is 0 Å². The second-order valence-corrected chi connectivity index (χ2v) is 12.8. The highest BCUT2D eigenvalue weighted by Gasteiger charge is 2.40. The number of ether oxygens (including phenoxy) is 2. The fourth-order valence-corrected chi connectivity index (χ4v) is 7.89. The molecule has 0 amide bonds. The van der Waals surface area contributed by atoms with E-state index in [0.29, 0.717) is 17.0 Å². The van der Waals surface area contributed by atoms with Gasteiger partial charge in [-0.3, -0.25) is 0 Å². The van der Waals surface area contributed by atoms with E-state index in [9.17, 15) is 0 Å². The van der Waals surface area contributed by atoms with E-state index >= 15 is 0 Å². The van der Waals surface area contributed by atoms with Crippen molar-refractivity contribution in [3.05, 3.63) is 0 Å². The van der Waals surface area contributed by atoms with Gasteiger partial charge >= 0.3 is 0 Å². The second-order valence-electron chi connectivity index (χ2n) is 11.3. The van der Waals surface area contributed by atoms with Crippen LogP contribution < -0.4 is 0 Å². The summed E-state index contributed by atoms with van der Waals surface area (Å²) >= 11 is 2.29. The van der Waals surface area contributed by atoms with Crippen LogP contribution in [0.5, 0.6) is 0 Å². The molecule has 0 spiro atoms. The monoisotopic (exact) mass is 496 g/mol. The summed E-state index contributed by atoms with van der Waals surface area (Å²) in [6.07, 6.45) is 32.9. The summed E-state index contributed by atoms with van der Waals surface area (Å²) in [6, 6.07) is 0. The van der Waals surface area contributed by atoms with Gasteiger partial charge in [0.2, 0.25) is 0 Å². The van der Waals surface area contributed by atoms with Gasteiger partial charge < -0.3 is 9.47 Å². The number of unbranched alkanes of at least 4 members (excludes halogenated alkanes) is 12. The van der Waals surface area contributed by atoms with E-state index in [1.54, 1.807) is 0 Å². The van der Waals surface area contributed by atoms with Crippen molar-refractivity contribution < 1.29 is 9.47 Å². The minimum absolute atomic E-state index is 0.408. The van der Waals surface area contributed by atoms with Crippen LogP contribution in [0, 0.1) is 0 Å². The van der Waals surface area contributed by atoms with Crippen LogP contribution >= 0.6 is 11.8 Å². The molecule has 0 saturated carbocycles. The molecule has 0 aromatic rings.